The fourth-order valence-electron chi connectivity index (χ4n) is 3.25. The molecule has 6 nitrogen and oxygen atoms in total. The van der Waals surface area contributed by atoms with E-state index >= 15 is 0 Å². The smallest absolute Gasteiger partial charge is 0.338 e. The molecule has 0 amide bonds. The van der Waals surface area contributed by atoms with Crippen LogP contribution in [0.25, 0.3) is 0 Å². The Balaban J connectivity index is 1.57. The van der Waals surface area contributed by atoms with E-state index in [9.17, 15) is 13.2 Å². The number of nitrogens with zero attached hydrogens (tertiary/aromatic N) is 1. The highest BCUT2D eigenvalue weighted by Crippen LogP contribution is 2.22. The number of carbonyl (C=O) groups is 1. The quantitative estimate of drug-likeness (QED) is 0.524. The van der Waals surface area contributed by atoms with Gasteiger partial charge >= 0.3 is 5.97 Å². The van der Waals surface area contributed by atoms with Gasteiger partial charge in [-0.15, -0.1) is 0 Å². The number of esters is 1. The van der Waals surface area contributed by atoms with Crippen molar-refractivity contribution in [3.8, 4) is 5.75 Å². The Morgan fingerprint density at radius 3 is 2.36 bits per heavy atom. The van der Waals surface area contributed by atoms with Gasteiger partial charge in [0.2, 0.25) is 10.0 Å². The van der Waals surface area contributed by atoms with Crippen LogP contribution in [0.15, 0.2) is 47.4 Å². The first-order valence-corrected chi connectivity index (χ1v) is 10.8. The molecule has 1 aliphatic heterocycles. The van der Waals surface area contributed by atoms with Gasteiger partial charge in [-0.05, 0) is 68.1 Å². The van der Waals surface area contributed by atoms with E-state index in [0.29, 0.717) is 13.1 Å². The molecule has 150 valence electrons. The van der Waals surface area contributed by atoms with Crippen LogP contribution >= 0.6 is 0 Å². The second-order valence-electron chi connectivity index (χ2n) is 6.95. The number of hydrogen-bond acceptors (Lipinski definition) is 5. The van der Waals surface area contributed by atoms with Crippen LogP contribution in [0.1, 0.15) is 34.3 Å². The van der Waals surface area contributed by atoms with Gasteiger partial charge in [0.05, 0.1) is 10.5 Å². The number of benzene rings is 2. The van der Waals surface area contributed by atoms with Gasteiger partial charge in [0.1, 0.15) is 19.0 Å². The van der Waals surface area contributed by atoms with Crippen molar-refractivity contribution in [1.29, 1.82) is 0 Å². The van der Waals surface area contributed by atoms with Crippen LogP contribution in [0.5, 0.6) is 5.75 Å². The minimum absolute atomic E-state index is 0.0783. The highest BCUT2D eigenvalue weighted by molar-refractivity contribution is 7.89. The number of carbonyl (C=O) groups excluding carboxylic acids is 1. The molecule has 3 rings (SSSR count). The minimum atomic E-state index is -3.56. The lowest BCUT2D eigenvalue weighted by Crippen LogP contribution is -2.28. The van der Waals surface area contributed by atoms with Crippen LogP contribution < -0.4 is 4.74 Å². The Kier molecular flexibility index (Phi) is 6.36. The molecule has 1 saturated heterocycles. The summed E-state index contributed by atoms with van der Waals surface area (Å²) in [4.78, 5) is 12.4. The van der Waals surface area contributed by atoms with Crippen molar-refractivity contribution < 1.29 is 22.7 Å². The van der Waals surface area contributed by atoms with Crippen molar-refractivity contribution in [2.45, 2.75) is 31.6 Å². The zero-order valence-corrected chi connectivity index (χ0v) is 17.0. The Bertz CT molecular complexity index is 929. The van der Waals surface area contributed by atoms with Crippen molar-refractivity contribution in [3.05, 3.63) is 59.2 Å². The summed E-state index contributed by atoms with van der Waals surface area (Å²) < 4.78 is 37.6. The number of aryl methyl sites for hydroxylation is 2. The lowest BCUT2D eigenvalue weighted by Gasteiger charge is -2.16. The molecule has 0 N–H and O–H groups in total. The van der Waals surface area contributed by atoms with E-state index in [2.05, 4.69) is 6.07 Å². The van der Waals surface area contributed by atoms with Crippen LogP contribution in [0.4, 0.5) is 0 Å². The molecule has 2 aromatic rings. The van der Waals surface area contributed by atoms with Gasteiger partial charge in [0.25, 0.3) is 0 Å². The SMILES string of the molecule is Cc1cc(C)cc(OCCOC(=O)c2cccc(S(=O)(=O)N3CCCC3)c2)c1. The highest BCUT2D eigenvalue weighted by atomic mass is 32.2. The van der Waals surface area contributed by atoms with Gasteiger partial charge in [-0.25, -0.2) is 13.2 Å². The first-order chi connectivity index (χ1) is 13.4. The number of rotatable bonds is 7. The highest BCUT2D eigenvalue weighted by Gasteiger charge is 2.27. The molecule has 0 atom stereocenters. The van der Waals surface area contributed by atoms with E-state index in [1.165, 1.54) is 16.4 Å². The van der Waals surface area contributed by atoms with Crippen LogP contribution in [0, 0.1) is 13.8 Å². The summed E-state index contributed by atoms with van der Waals surface area (Å²) >= 11 is 0. The fraction of sp³-hybridized carbons (Fsp3) is 0.381. The van der Waals surface area contributed by atoms with Crippen LogP contribution in [0.2, 0.25) is 0 Å². The van der Waals surface area contributed by atoms with Gasteiger partial charge in [0.15, 0.2) is 0 Å². The van der Waals surface area contributed by atoms with Crippen LogP contribution in [-0.4, -0.2) is 45.0 Å². The molecule has 0 aliphatic carbocycles. The maximum atomic E-state index is 12.6. The number of sulfonamides is 1. The predicted octanol–water partition coefficient (Wildman–Crippen LogP) is 3.32. The predicted molar refractivity (Wildman–Crippen MR) is 106 cm³/mol. The number of hydrogen-bond donors (Lipinski definition) is 0. The second kappa shape index (κ2) is 8.75. The molecule has 0 saturated carbocycles. The molecule has 1 fully saturated rings. The van der Waals surface area contributed by atoms with Crippen molar-refractivity contribution in [2.75, 3.05) is 26.3 Å². The Labute approximate surface area is 166 Å². The third kappa shape index (κ3) is 4.91. The largest absolute Gasteiger partial charge is 0.490 e. The molecule has 7 heteroatoms. The molecular weight excluding hydrogens is 378 g/mol. The van der Waals surface area contributed by atoms with Gasteiger partial charge < -0.3 is 9.47 Å². The first kappa shape index (κ1) is 20.4. The topological polar surface area (TPSA) is 72.9 Å². The third-order valence-electron chi connectivity index (χ3n) is 4.55. The zero-order valence-electron chi connectivity index (χ0n) is 16.2. The summed E-state index contributed by atoms with van der Waals surface area (Å²) in [5.41, 5.74) is 2.41. The third-order valence-corrected chi connectivity index (χ3v) is 6.45. The summed E-state index contributed by atoms with van der Waals surface area (Å²) in [6, 6.07) is 11.9. The van der Waals surface area contributed by atoms with E-state index < -0.39 is 16.0 Å². The lowest BCUT2D eigenvalue weighted by molar-refractivity contribution is 0.0450. The summed E-state index contributed by atoms with van der Waals surface area (Å²) in [5, 5.41) is 0. The summed E-state index contributed by atoms with van der Waals surface area (Å²) in [6.45, 7) is 5.32. The number of ether oxygens (including phenoxy) is 2. The van der Waals surface area contributed by atoms with Crippen molar-refractivity contribution in [2.24, 2.45) is 0 Å². The molecule has 1 heterocycles. The summed E-state index contributed by atoms with van der Waals surface area (Å²) in [6.07, 6.45) is 1.73. The molecule has 0 radical (unpaired) electrons. The maximum Gasteiger partial charge on any atom is 0.338 e. The van der Waals surface area contributed by atoms with Gasteiger partial charge in [-0.2, -0.15) is 4.31 Å². The average molecular weight is 404 g/mol. The molecular formula is C21H25NO5S. The molecule has 1 aliphatic rings. The molecule has 0 spiro atoms. The van der Waals surface area contributed by atoms with Gasteiger partial charge in [-0.3, -0.25) is 0 Å². The van der Waals surface area contributed by atoms with E-state index in [0.717, 1.165) is 29.7 Å². The summed E-state index contributed by atoms with van der Waals surface area (Å²) in [7, 11) is -3.56. The fourth-order valence-corrected chi connectivity index (χ4v) is 4.82. The Morgan fingerprint density at radius 2 is 1.68 bits per heavy atom. The Hall–Kier alpha value is -2.38. The van der Waals surface area contributed by atoms with Crippen LogP contribution in [0.3, 0.4) is 0 Å². The first-order valence-electron chi connectivity index (χ1n) is 9.35. The van der Waals surface area contributed by atoms with Crippen molar-refractivity contribution >= 4 is 16.0 Å². The van der Waals surface area contributed by atoms with Crippen molar-refractivity contribution in [1.82, 2.24) is 4.31 Å². The molecule has 28 heavy (non-hydrogen) atoms. The van der Waals surface area contributed by atoms with Crippen LogP contribution in [-0.2, 0) is 14.8 Å². The Morgan fingerprint density at radius 1 is 1.00 bits per heavy atom. The van der Waals surface area contributed by atoms with Gasteiger partial charge in [-0.1, -0.05) is 12.1 Å². The normalized spacial score (nSPS) is 14.8. The van der Waals surface area contributed by atoms with E-state index in [1.54, 1.807) is 12.1 Å². The molecule has 0 bridgehead atoms. The maximum absolute atomic E-state index is 12.6. The lowest BCUT2D eigenvalue weighted by atomic mass is 10.1. The summed E-state index contributed by atoms with van der Waals surface area (Å²) in [5.74, 6) is 0.162. The molecule has 0 unspecified atom stereocenters. The molecule has 2 aromatic carbocycles. The second-order valence-corrected chi connectivity index (χ2v) is 8.88. The zero-order chi connectivity index (χ0) is 20.1. The van der Waals surface area contributed by atoms with Gasteiger partial charge in [0, 0.05) is 13.1 Å². The van der Waals surface area contributed by atoms with E-state index in [4.69, 9.17) is 9.47 Å². The molecule has 0 aromatic heterocycles. The monoisotopic (exact) mass is 403 g/mol. The van der Waals surface area contributed by atoms with E-state index in [1.807, 2.05) is 26.0 Å². The average Bonchev–Trinajstić information content (AvgIpc) is 3.20. The van der Waals surface area contributed by atoms with Crippen molar-refractivity contribution in [3.63, 3.8) is 0 Å². The minimum Gasteiger partial charge on any atom is -0.490 e. The standard InChI is InChI=1S/C21H25NO5S/c1-16-12-17(2)14-19(13-16)26-10-11-27-21(23)18-6-5-7-20(15-18)28(24,25)22-8-3-4-9-22/h5-7,12-15H,3-4,8-11H2,1-2H3. The van der Waals surface area contributed by atoms with E-state index in [-0.39, 0.29) is 23.7 Å².